The smallest absolute Gasteiger partial charge is 0.254 e. The van der Waals surface area contributed by atoms with Crippen LogP contribution in [0.4, 0.5) is 0 Å². The molecule has 1 aliphatic rings. The van der Waals surface area contributed by atoms with Crippen LogP contribution in [-0.2, 0) is 6.61 Å². The number of nitrogens with zero attached hydrogens (tertiary/aromatic N) is 2. The molecular formula is C11H12Cl2N2O2. The Balaban J connectivity index is 2.39. The SMILES string of the molecule is O=C(c1cc(Cl)nc(Cl)c1CO)N1CCCC1. The van der Waals surface area contributed by atoms with Crippen molar-refractivity contribution in [3.63, 3.8) is 0 Å². The van der Waals surface area contributed by atoms with Crippen LogP contribution < -0.4 is 0 Å². The van der Waals surface area contributed by atoms with Gasteiger partial charge in [-0.1, -0.05) is 23.2 Å². The van der Waals surface area contributed by atoms with Crippen LogP contribution in [0.25, 0.3) is 0 Å². The third-order valence-corrected chi connectivity index (χ3v) is 3.33. The van der Waals surface area contributed by atoms with Gasteiger partial charge in [-0.25, -0.2) is 4.98 Å². The molecule has 0 bridgehead atoms. The third-order valence-electron chi connectivity index (χ3n) is 2.82. The molecule has 0 saturated carbocycles. The lowest BCUT2D eigenvalue weighted by molar-refractivity contribution is 0.0789. The minimum atomic E-state index is -0.322. The van der Waals surface area contributed by atoms with Gasteiger partial charge in [0, 0.05) is 18.7 Å². The van der Waals surface area contributed by atoms with Crippen LogP contribution in [0.1, 0.15) is 28.8 Å². The summed E-state index contributed by atoms with van der Waals surface area (Å²) in [6.07, 6.45) is 2.01. The van der Waals surface area contributed by atoms with E-state index in [-0.39, 0.29) is 22.8 Å². The van der Waals surface area contributed by atoms with Gasteiger partial charge in [0.15, 0.2) is 0 Å². The molecule has 1 aliphatic heterocycles. The van der Waals surface area contributed by atoms with Crippen molar-refractivity contribution in [1.29, 1.82) is 0 Å². The number of carbonyl (C=O) groups is 1. The fourth-order valence-electron chi connectivity index (χ4n) is 1.94. The lowest BCUT2D eigenvalue weighted by atomic mass is 10.1. The van der Waals surface area contributed by atoms with Crippen LogP contribution in [0.5, 0.6) is 0 Å². The van der Waals surface area contributed by atoms with Gasteiger partial charge in [-0.05, 0) is 18.9 Å². The second-order valence-corrected chi connectivity index (χ2v) is 4.66. The van der Waals surface area contributed by atoms with Gasteiger partial charge in [0.2, 0.25) is 0 Å². The normalized spacial score (nSPS) is 15.4. The molecule has 1 fully saturated rings. The first-order valence-electron chi connectivity index (χ1n) is 5.38. The molecule has 1 saturated heterocycles. The Hall–Kier alpha value is -0.840. The second-order valence-electron chi connectivity index (χ2n) is 3.92. The molecule has 0 aliphatic carbocycles. The van der Waals surface area contributed by atoms with Gasteiger partial charge in [-0.3, -0.25) is 4.79 Å². The first-order chi connectivity index (χ1) is 8.13. The molecule has 92 valence electrons. The standard InChI is InChI=1S/C11H12Cl2N2O2/c12-9-5-7(8(6-16)10(13)14-9)11(17)15-3-1-2-4-15/h5,16H,1-4,6H2. The van der Waals surface area contributed by atoms with Gasteiger partial charge in [0.1, 0.15) is 10.3 Å². The highest BCUT2D eigenvalue weighted by molar-refractivity contribution is 6.33. The molecule has 0 aromatic carbocycles. The van der Waals surface area contributed by atoms with E-state index in [9.17, 15) is 9.90 Å². The number of hydrogen-bond donors (Lipinski definition) is 1. The summed E-state index contributed by atoms with van der Waals surface area (Å²) in [5, 5.41) is 9.49. The number of aromatic nitrogens is 1. The molecule has 1 aromatic rings. The van der Waals surface area contributed by atoms with Gasteiger partial charge in [-0.15, -0.1) is 0 Å². The van der Waals surface area contributed by atoms with Gasteiger partial charge in [0.25, 0.3) is 5.91 Å². The lowest BCUT2D eigenvalue weighted by Crippen LogP contribution is -2.28. The average Bonchev–Trinajstić information content (AvgIpc) is 2.80. The Morgan fingerprint density at radius 1 is 1.41 bits per heavy atom. The predicted molar refractivity (Wildman–Crippen MR) is 65.3 cm³/mol. The summed E-state index contributed by atoms with van der Waals surface area (Å²) in [5.74, 6) is -0.141. The highest BCUT2D eigenvalue weighted by Crippen LogP contribution is 2.24. The molecule has 0 unspecified atom stereocenters. The maximum atomic E-state index is 12.2. The van der Waals surface area contributed by atoms with E-state index in [1.807, 2.05) is 0 Å². The van der Waals surface area contributed by atoms with Crippen molar-refractivity contribution in [3.05, 3.63) is 27.5 Å². The summed E-state index contributed by atoms with van der Waals surface area (Å²) in [6, 6.07) is 1.46. The zero-order chi connectivity index (χ0) is 12.4. The Labute approximate surface area is 109 Å². The molecule has 0 radical (unpaired) electrons. The van der Waals surface area contributed by atoms with E-state index in [4.69, 9.17) is 23.2 Å². The predicted octanol–water partition coefficient (Wildman–Crippen LogP) is 2.12. The van der Waals surface area contributed by atoms with Crippen molar-refractivity contribution < 1.29 is 9.90 Å². The van der Waals surface area contributed by atoms with Crippen LogP contribution in [0.2, 0.25) is 10.3 Å². The quantitative estimate of drug-likeness (QED) is 0.841. The van der Waals surface area contributed by atoms with Crippen molar-refractivity contribution in [3.8, 4) is 0 Å². The minimum Gasteiger partial charge on any atom is -0.392 e. The molecule has 1 aromatic heterocycles. The maximum absolute atomic E-state index is 12.2. The van der Waals surface area contributed by atoms with Gasteiger partial charge in [0.05, 0.1) is 12.2 Å². The van der Waals surface area contributed by atoms with E-state index < -0.39 is 0 Å². The lowest BCUT2D eigenvalue weighted by Gasteiger charge is -2.17. The second kappa shape index (κ2) is 5.21. The summed E-state index contributed by atoms with van der Waals surface area (Å²) in [6.45, 7) is 1.15. The topological polar surface area (TPSA) is 53.4 Å². The Morgan fingerprint density at radius 3 is 2.65 bits per heavy atom. The molecule has 1 amide bonds. The highest BCUT2D eigenvalue weighted by atomic mass is 35.5. The summed E-state index contributed by atoms with van der Waals surface area (Å²) in [5.41, 5.74) is 0.687. The van der Waals surface area contributed by atoms with E-state index in [0.717, 1.165) is 25.9 Å². The molecule has 17 heavy (non-hydrogen) atoms. The summed E-state index contributed by atoms with van der Waals surface area (Å²) < 4.78 is 0. The first kappa shape index (κ1) is 12.6. The third kappa shape index (κ3) is 2.54. The van der Waals surface area contributed by atoms with Crippen molar-refractivity contribution >= 4 is 29.1 Å². The number of aliphatic hydroxyl groups excluding tert-OH is 1. The van der Waals surface area contributed by atoms with Crippen molar-refractivity contribution in [2.24, 2.45) is 0 Å². The molecule has 2 heterocycles. The fourth-order valence-corrected chi connectivity index (χ4v) is 2.43. The minimum absolute atomic E-state index is 0.0857. The number of amides is 1. The zero-order valence-electron chi connectivity index (χ0n) is 9.12. The summed E-state index contributed by atoms with van der Waals surface area (Å²) in [7, 11) is 0. The van der Waals surface area contributed by atoms with Gasteiger partial charge < -0.3 is 10.0 Å². The first-order valence-corrected chi connectivity index (χ1v) is 6.14. The fraction of sp³-hybridized carbons (Fsp3) is 0.455. The zero-order valence-corrected chi connectivity index (χ0v) is 10.6. The largest absolute Gasteiger partial charge is 0.392 e. The average molecular weight is 275 g/mol. The number of halogens is 2. The van der Waals surface area contributed by atoms with E-state index in [0.29, 0.717) is 11.1 Å². The monoisotopic (exact) mass is 274 g/mol. The van der Waals surface area contributed by atoms with E-state index >= 15 is 0 Å². The molecule has 0 spiro atoms. The Kier molecular flexibility index (Phi) is 3.86. The molecule has 0 atom stereocenters. The number of pyridine rings is 1. The summed E-state index contributed by atoms with van der Waals surface area (Å²) in [4.78, 5) is 17.8. The Bertz CT molecular complexity index is 445. The molecule has 2 rings (SSSR count). The molecule has 6 heteroatoms. The highest BCUT2D eigenvalue weighted by Gasteiger charge is 2.23. The van der Waals surface area contributed by atoms with E-state index in [1.54, 1.807) is 4.90 Å². The van der Waals surface area contributed by atoms with E-state index in [2.05, 4.69) is 4.98 Å². The van der Waals surface area contributed by atoms with E-state index in [1.165, 1.54) is 6.07 Å². The number of carbonyl (C=O) groups excluding carboxylic acids is 1. The maximum Gasteiger partial charge on any atom is 0.254 e. The molecular weight excluding hydrogens is 263 g/mol. The summed E-state index contributed by atoms with van der Waals surface area (Å²) >= 11 is 11.6. The molecule has 1 N–H and O–H groups in total. The Morgan fingerprint density at radius 2 is 2.06 bits per heavy atom. The number of aliphatic hydroxyl groups is 1. The van der Waals surface area contributed by atoms with Crippen LogP contribution in [-0.4, -0.2) is 34.0 Å². The number of rotatable bonds is 2. The molecule has 4 nitrogen and oxygen atoms in total. The van der Waals surface area contributed by atoms with Crippen LogP contribution in [0.3, 0.4) is 0 Å². The van der Waals surface area contributed by atoms with Gasteiger partial charge in [-0.2, -0.15) is 0 Å². The van der Waals surface area contributed by atoms with Crippen molar-refractivity contribution in [2.75, 3.05) is 13.1 Å². The number of hydrogen-bond acceptors (Lipinski definition) is 3. The van der Waals surface area contributed by atoms with Crippen molar-refractivity contribution in [1.82, 2.24) is 9.88 Å². The van der Waals surface area contributed by atoms with Crippen LogP contribution >= 0.6 is 23.2 Å². The number of likely N-dealkylation sites (tertiary alicyclic amines) is 1. The van der Waals surface area contributed by atoms with Crippen LogP contribution in [0.15, 0.2) is 6.07 Å². The van der Waals surface area contributed by atoms with Crippen molar-refractivity contribution in [2.45, 2.75) is 19.4 Å². The van der Waals surface area contributed by atoms with Gasteiger partial charge >= 0.3 is 0 Å². The van der Waals surface area contributed by atoms with Crippen LogP contribution in [0, 0.1) is 0 Å².